The molecule has 0 bridgehead atoms. The molecule has 0 aromatic heterocycles. The summed E-state index contributed by atoms with van der Waals surface area (Å²) >= 11 is 0. The molecule has 31 heavy (non-hydrogen) atoms. The Kier molecular flexibility index (Phi) is 7.15. The molecule has 0 aliphatic carbocycles. The van der Waals surface area contributed by atoms with Crippen molar-refractivity contribution in [1.29, 1.82) is 0 Å². The van der Waals surface area contributed by atoms with Crippen LogP contribution in [0.3, 0.4) is 0 Å². The highest BCUT2D eigenvalue weighted by molar-refractivity contribution is 7.89. The Bertz CT molecular complexity index is 1140. The van der Waals surface area contributed by atoms with Crippen LogP contribution in [0.1, 0.15) is 31.7 Å². The molecule has 3 rings (SSSR count). The minimum atomic E-state index is -3.86. The summed E-state index contributed by atoms with van der Waals surface area (Å²) in [6, 6.07) is 11.3. The van der Waals surface area contributed by atoms with Crippen LogP contribution in [-0.4, -0.2) is 46.2 Å². The van der Waals surface area contributed by atoms with E-state index in [1.54, 1.807) is 37.3 Å². The second-order valence-electron chi connectivity index (χ2n) is 7.59. The standard InChI is InChI=1S/C21H27N3O5S2/c1-16-11-12-18(15-20(16)31(28,29)24-13-7-4-8-14-24)22-21(25)17(2)23-30(26,27)19-9-5-3-6-10-19/h3,5-6,9-12,15,17,23H,4,7-8,13-14H2,1-2H3,(H,22,25)/t17-/m0/s1. The molecule has 0 spiro atoms. The van der Waals surface area contributed by atoms with Gasteiger partial charge in [0, 0.05) is 18.8 Å². The highest BCUT2D eigenvalue weighted by Gasteiger charge is 2.28. The number of anilines is 1. The number of hydrogen-bond acceptors (Lipinski definition) is 5. The van der Waals surface area contributed by atoms with E-state index >= 15 is 0 Å². The van der Waals surface area contributed by atoms with Crippen LogP contribution < -0.4 is 10.0 Å². The first-order chi connectivity index (χ1) is 14.6. The lowest BCUT2D eigenvalue weighted by Crippen LogP contribution is -2.41. The fourth-order valence-corrected chi connectivity index (χ4v) is 6.40. The molecule has 1 aliphatic rings. The molecule has 168 valence electrons. The average Bonchev–Trinajstić information content (AvgIpc) is 2.76. The summed E-state index contributed by atoms with van der Waals surface area (Å²) in [4.78, 5) is 12.8. The van der Waals surface area contributed by atoms with Crippen molar-refractivity contribution in [1.82, 2.24) is 9.03 Å². The van der Waals surface area contributed by atoms with Crippen molar-refractivity contribution in [2.45, 2.75) is 48.9 Å². The molecule has 0 saturated carbocycles. The van der Waals surface area contributed by atoms with Gasteiger partial charge in [0.05, 0.1) is 15.8 Å². The zero-order chi connectivity index (χ0) is 22.6. The van der Waals surface area contributed by atoms with E-state index < -0.39 is 32.0 Å². The Morgan fingerprint density at radius 3 is 2.26 bits per heavy atom. The maximum Gasteiger partial charge on any atom is 0.243 e. The monoisotopic (exact) mass is 465 g/mol. The molecule has 1 fully saturated rings. The molecule has 1 aliphatic heterocycles. The van der Waals surface area contributed by atoms with Crippen LogP contribution in [0.25, 0.3) is 0 Å². The number of piperidine rings is 1. The molecule has 0 unspecified atom stereocenters. The van der Waals surface area contributed by atoms with E-state index in [-0.39, 0.29) is 15.5 Å². The van der Waals surface area contributed by atoms with Crippen LogP contribution in [0.2, 0.25) is 0 Å². The van der Waals surface area contributed by atoms with Crippen molar-refractivity contribution in [3.05, 3.63) is 54.1 Å². The molecule has 1 saturated heterocycles. The van der Waals surface area contributed by atoms with E-state index in [2.05, 4.69) is 10.0 Å². The summed E-state index contributed by atoms with van der Waals surface area (Å²) in [5.41, 5.74) is 0.873. The van der Waals surface area contributed by atoms with Gasteiger partial charge >= 0.3 is 0 Å². The summed E-state index contributed by atoms with van der Waals surface area (Å²) in [5.74, 6) is -0.593. The van der Waals surface area contributed by atoms with Crippen LogP contribution in [0.5, 0.6) is 0 Å². The molecule has 2 aromatic rings. The smallest absolute Gasteiger partial charge is 0.243 e. The van der Waals surface area contributed by atoms with Crippen molar-refractivity contribution < 1.29 is 21.6 Å². The van der Waals surface area contributed by atoms with Gasteiger partial charge in [-0.05, 0) is 56.5 Å². The number of carbonyl (C=O) groups excluding carboxylic acids is 1. The Morgan fingerprint density at radius 1 is 0.968 bits per heavy atom. The first kappa shape index (κ1) is 23.4. The molecule has 0 radical (unpaired) electrons. The zero-order valence-corrected chi connectivity index (χ0v) is 19.2. The van der Waals surface area contributed by atoms with Crippen molar-refractivity contribution in [2.75, 3.05) is 18.4 Å². The van der Waals surface area contributed by atoms with Gasteiger partial charge in [-0.25, -0.2) is 16.8 Å². The van der Waals surface area contributed by atoms with Crippen LogP contribution in [0.15, 0.2) is 58.3 Å². The van der Waals surface area contributed by atoms with Gasteiger partial charge in [0.1, 0.15) is 0 Å². The highest BCUT2D eigenvalue weighted by atomic mass is 32.2. The number of aryl methyl sites for hydroxylation is 1. The number of carbonyl (C=O) groups is 1. The highest BCUT2D eigenvalue weighted by Crippen LogP contribution is 2.26. The summed E-state index contributed by atoms with van der Waals surface area (Å²) in [5, 5.41) is 2.61. The minimum absolute atomic E-state index is 0.0555. The first-order valence-electron chi connectivity index (χ1n) is 10.1. The van der Waals surface area contributed by atoms with Gasteiger partial charge in [0.15, 0.2) is 0 Å². The van der Waals surface area contributed by atoms with Gasteiger partial charge < -0.3 is 5.32 Å². The lowest BCUT2D eigenvalue weighted by atomic mass is 10.2. The van der Waals surface area contributed by atoms with Crippen molar-refractivity contribution >= 4 is 31.6 Å². The van der Waals surface area contributed by atoms with Gasteiger partial charge in [0.25, 0.3) is 0 Å². The van der Waals surface area contributed by atoms with E-state index in [1.807, 2.05) is 0 Å². The fourth-order valence-electron chi connectivity index (χ4n) is 3.40. The zero-order valence-electron chi connectivity index (χ0n) is 17.5. The molecule has 1 heterocycles. The minimum Gasteiger partial charge on any atom is -0.325 e. The van der Waals surface area contributed by atoms with Gasteiger partial charge in [0.2, 0.25) is 26.0 Å². The number of nitrogens with zero attached hydrogens (tertiary/aromatic N) is 1. The molecule has 1 atom stereocenters. The summed E-state index contributed by atoms with van der Waals surface area (Å²) in [7, 11) is -7.53. The van der Waals surface area contributed by atoms with E-state index in [0.29, 0.717) is 18.7 Å². The first-order valence-corrected chi connectivity index (χ1v) is 13.0. The van der Waals surface area contributed by atoms with E-state index in [1.165, 1.54) is 29.4 Å². The van der Waals surface area contributed by atoms with Crippen LogP contribution >= 0.6 is 0 Å². The summed E-state index contributed by atoms with van der Waals surface area (Å²) < 4.78 is 54.8. The van der Waals surface area contributed by atoms with Crippen LogP contribution in [0.4, 0.5) is 5.69 Å². The molecule has 1 amide bonds. The average molecular weight is 466 g/mol. The van der Waals surface area contributed by atoms with Crippen molar-refractivity contribution in [3.8, 4) is 0 Å². The second kappa shape index (κ2) is 9.47. The predicted molar refractivity (Wildman–Crippen MR) is 119 cm³/mol. The third kappa shape index (κ3) is 5.51. The van der Waals surface area contributed by atoms with Gasteiger partial charge in [-0.3, -0.25) is 4.79 Å². The third-order valence-corrected chi connectivity index (χ3v) is 8.76. The summed E-state index contributed by atoms with van der Waals surface area (Å²) in [6.07, 6.45) is 2.67. The second-order valence-corrected chi connectivity index (χ2v) is 11.2. The maximum absolute atomic E-state index is 13.0. The number of nitrogens with one attached hydrogen (secondary N) is 2. The maximum atomic E-state index is 13.0. The largest absolute Gasteiger partial charge is 0.325 e. The molecule has 2 aromatic carbocycles. The lowest BCUT2D eigenvalue weighted by Gasteiger charge is -2.26. The number of sulfonamides is 2. The van der Waals surface area contributed by atoms with Gasteiger partial charge in [-0.15, -0.1) is 0 Å². The molecule has 8 nitrogen and oxygen atoms in total. The van der Waals surface area contributed by atoms with Crippen LogP contribution in [-0.2, 0) is 24.8 Å². The van der Waals surface area contributed by atoms with Gasteiger partial charge in [-0.2, -0.15) is 9.03 Å². The molecular formula is C21H27N3O5S2. The SMILES string of the molecule is Cc1ccc(NC(=O)[C@H](C)NS(=O)(=O)c2ccccc2)cc1S(=O)(=O)N1CCCCC1. The topological polar surface area (TPSA) is 113 Å². The Morgan fingerprint density at radius 2 is 1.61 bits per heavy atom. The van der Waals surface area contributed by atoms with E-state index in [4.69, 9.17) is 0 Å². The normalized spacial score (nSPS) is 16.6. The number of benzene rings is 2. The van der Waals surface area contributed by atoms with Crippen LogP contribution in [0, 0.1) is 6.92 Å². The Hall–Kier alpha value is -2.27. The number of hydrogen-bond donors (Lipinski definition) is 2. The Labute approximate surface area is 183 Å². The molecule has 2 N–H and O–H groups in total. The number of rotatable bonds is 7. The number of amides is 1. The van der Waals surface area contributed by atoms with Crippen molar-refractivity contribution in [2.24, 2.45) is 0 Å². The predicted octanol–water partition coefficient (Wildman–Crippen LogP) is 2.48. The molecular weight excluding hydrogens is 438 g/mol. The van der Waals surface area contributed by atoms with E-state index in [0.717, 1.165) is 19.3 Å². The summed E-state index contributed by atoms with van der Waals surface area (Å²) in [6.45, 7) is 4.10. The molecule has 10 heteroatoms. The van der Waals surface area contributed by atoms with E-state index in [9.17, 15) is 21.6 Å². The van der Waals surface area contributed by atoms with Gasteiger partial charge in [-0.1, -0.05) is 30.7 Å². The Balaban J connectivity index is 1.75. The fraction of sp³-hybridized carbons (Fsp3) is 0.381. The lowest BCUT2D eigenvalue weighted by molar-refractivity contribution is -0.117. The quantitative estimate of drug-likeness (QED) is 0.652. The van der Waals surface area contributed by atoms with Crippen molar-refractivity contribution in [3.63, 3.8) is 0 Å². The third-order valence-electron chi connectivity index (χ3n) is 5.17.